The Morgan fingerprint density at radius 3 is 2.79 bits per heavy atom. The van der Waals surface area contributed by atoms with Crippen molar-refractivity contribution in [2.45, 2.75) is 31.8 Å². The molecule has 2 atom stereocenters. The number of halogens is 1. The molecule has 0 radical (unpaired) electrons. The molecule has 1 amide bonds. The van der Waals surface area contributed by atoms with Crippen LogP contribution in [0.25, 0.3) is 11.3 Å². The topological polar surface area (TPSA) is 114 Å². The number of piperidine rings is 1. The highest BCUT2D eigenvalue weighted by Crippen LogP contribution is 2.29. The number of hydrogen-bond donors (Lipinski definition) is 3. The first-order valence-corrected chi connectivity index (χ1v) is 8.94. The lowest BCUT2D eigenvalue weighted by molar-refractivity contribution is 0.187. The fourth-order valence-corrected chi connectivity index (χ4v) is 3.33. The highest BCUT2D eigenvalue weighted by atomic mass is 19.1. The molecule has 9 heteroatoms. The number of hydrogen-bond acceptors (Lipinski definition) is 6. The minimum absolute atomic E-state index is 0.0286. The molecule has 146 valence electrons. The van der Waals surface area contributed by atoms with E-state index in [1.165, 1.54) is 12.1 Å². The van der Waals surface area contributed by atoms with E-state index in [4.69, 9.17) is 10.4 Å². The van der Waals surface area contributed by atoms with Crippen LogP contribution < -0.4 is 15.5 Å². The van der Waals surface area contributed by atoms with Crippen LogP contribution in [0.2, 0.25) is 0 Å². The molecular formula is C19H21FN6O2. The zero-order valence-corrected chi connectivity index (χ0v) is 15.6. The number of carboxylic acid groups (broad SMARTS) is 1. The van der Waals surface area contributed by atoms with Crippen LogP contribution in [0, 0.1) is 17.1 Å². The number of nitrogens with one attached hydrogen (secondary N) is 2. The molecule has 1 aromatic carbocycles. The molecule has 3 N–H and O–H groups in total. The van der Waals surface area contributed by atoms with E-state index in [0.717, 1.165) is 12.8 Å². The Bertz CT molecular complexity index is 929. The Morgan fingerprint density at radius 2 is 2.14 bits per heavy atom. The predicted molar refractivity (Wildman–Crippen MR) is 103 cm³/mol. The lowest BCUT2D eigenvalue weighted by Crippen LogP contribution is -2.51. The number of nitrogens with zero attached hydrogens (tertiary/aromatic N) is 4. The van der Waals surface area contributed by atoms with Gasteiger partial charge in [0.2, 0.25) is 5.95 Å². The highest BCUT2D eigenvalue weighted by molar-refractivity contribution is 5.67. The second kappa shape index (κ2) is 8.08. The molecule has 1 saturated heterocycles. The number of carbonyl (C=O) groups is 1. The summed E-state index contributed by atoms with van der Waals surface area (Å²) in [5.74, 6) is 0.393. The van der Waals surface area contributed by atoms with Crippen LogP contribution in [0.5, 0.6) is 0 Å². The van der Waals surface area contributed by atoms with E-state index in [2.05, 4.69) is 27.5 Å². The van der Waals surface area contributed by atoms with Crippen LogP contribution in [0.1, 0.15) is 25.3 Å². The molecule has 0 aliphatic carbocycles. The van der Waals surface area contributed by atoms with E-state index in [0.29, 0.717) is 29.6 Å². The van der Waals surface area contributed by atoms with Crippen LogP contribution >= 0.6 is 0 Å². The van der Waals surface area contributed by atoms with Crippen molar-refractivity contribution in [1.82, 2.24) is 15.3 Å². The van der Waals surface area contributed by atoms with Gasteiger partial charge in [-0.1, -0.05) is 6.07 Å². The van der Waals surface area contributed by atoms with E-state index in [9.17, 15) is 9.18 Å². The van der Waals surface area contributed by atoms with Gasteiger partial charge in [0, 0.05) is 37.3 Å². The first kappa shape index (κ1) is 19.4. The normalized spacial score (nSPS) is 19.0. The zero-order chi connectivity index (χ0) is 20.3. The molecule has 0 bridgehead atoms. The van der Waals surface area contributed by atoms with Gasteiger partial charge >= 0.3 is 6.09 Å². The standard InChI is InChI=1S/C19H21FN6O2/c1-11-3-6-14(23-19(27)28)10-26(11)17-8-16(24-18(22-2)25-17)12-4-5-13(9-21)15(20)7-12/h4-5,7-8,11,14,23H,3,6,10H2,1-2H3,(H,27,28)(H,22,24,25)/t11-,14+/m0/s1. The Labute approximate surface area is 162 Å². The molecular weight excluding hydrogens is 363 g/mol. The van der Waals surface area contributed by atoms with E-state index >= 15 is 0 Å². The quantitative estimate of drug-likeness (QED) is 0.742. The number of nitriles is 1. The molecule has 0 saturated carbocycles. The third-order valence-electron chi connectivity index (χ3n) is 4.83. The minimum atomic E-state index is -1.05. The predicted octanol–water partition coefficient (Wildman–Crippen LogP) is 2.82. The SMILES string of the molecule is CNc1nc(-c2ccc(C#N)c(F)c2)cc(N2C[C@H](NC(=O)O)CC[C@@H]2C)n1. The van der Waals surface area contributed by atoms with Gasteiger partial charge < -0.3 is 20.6 Å². The van der Waals surface area contributed by atoms with Crippen molar-refractivity contribution < 1.29 is 14.3 Å². The zero-order valence-electron chi connectivity index (χ0n) is 15.6. The number of amides is 1. The lowest BCUT2D eigenvalue weighted by Gasteiger charge is -2.38. The van der Waals surface area contributed by atoms with E-state index in [1.54, 1.807) is 25.2 Å². The summed E-state index contributed by atoms with van der Waals surface area (Å²) >= 11 is 0. The molecule has 3 rings (SSSR count). The fraction of sp³-hybridized carbons (Fsp3) is 0.368. The van der Waals surface area contributed by atoms with Crippen LogP contribution in [0.15, 0.2) is 24.3 Å². The van der Waals surface area contributed by atoms with Crippen LogP contribution in [-0.2, 0) is 0 Å². The van der Waals surface area contributed by atoms with Crippen molar-refractivity contribution in [2.24, 2.45) is 0 Å². The van der Waals surface area contributed by atoms with Crippen LogP contribution in [0.4, 0.5) is 21.0 Å². The largest absolute Gasteiger partial charge is 0.465 e. The molecule has 1 aromatic heterocycles. The van der Waals surface area contributed by atoms with Gasteiger partial charge in [-0.15, -0.1) is 0 Å². The van der Waals surface area contributed by atoms with Crippen molar-refractivity contribution >= 4 is 17.9 Å². The number of benzene rings is 1. The van der Waals surface area contributed by atoms with E-state index in [1.807, 2.05) is 4.90 Å². The Morgan fingerprint density at radius 1 is 1.36 bits per heavy atom. The highest BCUT2D eigenvalue weighted by Gasteiger charge is 2.28. The van der Waals surface area contributed by atoms with Crippen molar-refractivity contribution in [2.75, 3.05) is 23.8 Å². The lowest BCUT2D eigenvalue weighted by atomic mass is 9.99. The Hall–Kier alpha value is -3.41. The average Bonchev–Trinajstić information content (AvgIpc) is 2.68. The van der Waals surface area contributed by atoms with Gasteiger partial charge in [-0.25, -0.2) is 14.2 Å². The van der Waals surface area contributed by atoms with E-state index < -0.39 is 11.9 Å². The average molecular weight is 384 g/mol. The summed E-state index contributed by atoms with van der Waals surface area (Å²) in [6.07, 6.45) is 0.513. The first-order valence-electron chi connectivity index (χ1n) is 8.94. The second-order valence-electron chi connectivity index (χ2n) is 6.72. The monoisotopic (exact) mass is 384 g/mol. The van der Waals surface area contributed by atoms with Crippen molar-refractivity contribution in [3.05, 3.63) is 35.6 Å². The third-order valence-corrected chi connectivity index (χ3v) is 4.83. The minimum Gasteiger partial charge on any atom is -0.465 e. The molecule has 1 aliphatic heterocycles. The van der Waals surface area contributed by atoms with Gasteiger partial charge in [-0.3, -0.25) is 0 Å². The summed E-state index contributed by atoms with van der Waals surface area (Å²) < 4.78 is 14.1. The van der Waals surface area contributed by atoms with Crippen molar-refractivity contribution in [3.63, 3.8) is 0 Å². The second-order valence-corrected chi connectivity index (χ2v) is 6.72. The van der Waals surface area contributed by atoms with Crippen LogP contribution in [0.3, 0.4) is 0 Å². The third kappa shape index (κ3) is 4.11. The van der Waals surface area contributed by atoms with Crippen molar-refractivity contribution in [3.8, 4) is 17.3 Å². The number of rotatable bonds is 4. The smallest absolute Gasteiger partial charge is 0.404 e. The fourth-order valence-electron chi connectivity index (χ4n) is 3.33. The summed E-state index contributed by atoms with van der Waals surface area (Å²) in [6, 6.07) is 7.86. The maximum Gasteiger partial charge on any atom is 0.404 e. The summed E-state index contributed by atoms with van der Waals surface area (Å²) in [4.78, 5) is 21.9. The molecule has 8 nitrogen and oxygen atoms in total. The Kier molecular flexibility index (Phi) is 5.59. The van der Waals surface area contributed by atoms with Crippen LogP contribution in [-0.4, -0.2) is 46.8 Å². The molecule has 2 aromatic rings. The molecule has 2 heterocycles. The van der Waals surface area contributed by atoms with Gasteiger partial charge in [0.15, 0.2) is 0 Å². The molecule has 28 heavy (non-hydrogen) atoms. The summed E-state index contributed by atoms with van der Waals surface area (Å²) in [5, 5.41) is 23.4. The maximum atomic E-state index is 14.1. The Balaban J connectivity index is 1.97. The van der Waals surface area contributed by atoms with Gasteiger partial charge in [-0.2, -0.15) is 10.2 Å². The number of aromatic nitrogens is 2. The molecule has 0 unspecified atom stereocenters. The summed E-state index contributed by atoms with van der Waals surface area (Å²) in [7, 11) is 1.69. The summed E-state index contributed by atoms with van der Waals surface area (Å²) in [5.41, 5.74) is 1.01. The van der Waals surface area contributed by atoms with Gasteiger partial charge in [0.25, 0.3) is 0 Å². The first-order chi connectivity index (χ1) is 13.4. The van der Waals surface area contributed by atoms with Gasteiger partial charge in [0.1, 0.15) is 17.7 Å². The molecule has 1 fully saturated rings. The molecule has 0 spiro atoms. The van der Waals surface area contributed by atoms with Gasteiger partial charge in [0.05, 0.1) is 11.3 Å². The maximum absolute atomic E-state index is 14.1. The molecule has 1 aliphatic rings. The van der Waals surface area contributed by atoms with E-state index in [-0.39, 0.29) is 17.6 Å². The van der Waals surface area contributed by atoms with Crippen molar-refractivity contribution in [1.29, 1.82) is 5.26 Å². The number of anilines is 2. The summed E-state index contributed by atoms with van der Waals surface area (Å²) in [6.45, 7) is 2.54. The van der Waals surface area contributed by atoms with Gasteiger partial charge in [-0.05, 0) is 31.9 Å².